The highest BCUT2D eigenvalue weighted by molar-refractivity contribution is 6.05. The van der Waals surface area contributed by atoms with E-state index in [1.807, 2.05) is 31.2 Å². The molecule has 7 heteroatoms. The first-order chi connectivity index (χ1) is 14.3. The van der Waals surface area contributed by atoms with Gasteiger partial charge in [-0.3, -0.25) is 4.98 Å². The molecular weight excluding hydrogens is 366 g/mol. The number of ether oxygens (including phenoxy) is 1. The number of esters is 1. The van der Waals surface area contributed by atoms with E-state index in [1.54, 1.807) is 6.20 Å². The van der Waals surface area contributed by atoms with E-state index in [9.17, 15) is 4.79 Å². The van der Waals surface area contributed by atoms with Crippen LogP contribution in [0.3, 0.4) is 0 Å². The first kappa shape index (κ1) is 18.1. The Labute approximate surface area is 169 Å². The van der Waals surface area contributed by atoms with E-state index in [1.165, 1.54) is 0 Å². The number of hydrogen-bond acceptors (Lipinski definition) is 6. The minimum atomic E-state index is -0.314. The molecule has 1 unspecified atom stereocenters. The van der Waals surface area contributed by atoms with E-state index in [0.717, 1.165) is 73.6 Å². The monoisotopic (exact) mass is 391 g/mol. The number of piperidine rings is 1. The Morgan fingerprint density at radius 3 is 3.00 bits per heavy atom. The van der Waals surface area contributed by atoms with Gasteiger partial charge in [-0.05, 0) is 32.3 Å². The number of para-hydroxylation sites is 1. The normalized spacial score (nSPS) is 18.8. The summed E-state index contributed by atoms with van der Waals surface area (Å²) in [5, 5.41) is 9.91. The zero-order valence-electron chi connectivity index (χ0n) is 16.7. The lowest BCUT2D eigenvalue weighted by atomic mass is 9.95. The highest BCUT2D eigenvalue weighted by Gasteiger charge is 2.31. The lowest BCUT2D eigenvalue weighted by molar-refractivity contribution is 0.0526. The van der Waals surface area contributed by atoms with Crippen LogP contribution < -0.4 is 4.90 Å². The van der Waals surface area contributed by atoms with Crippen molar-refractivity contribution in [1.29, 1.82) is 0 Å². The fourth-order valence-electron chi connectivity index (χ4n) is 4.69. The highest BCUT2D eigenvalue weighted by atomic mass is 16.5. The van der Waals surface area contributed by atoms with Crippen LogP contribution in [0.15, 0.2) is 30.5 Å². The molecule has 29 heavy (non-hydrogen) atoms. The molecule has 150 valence electrons. The number of carbonyl (C=O) groups excluding carboxylic acids is 1. The van der Waals surface area contributed by atoms with E-state index >= 15 is 0 Å². The molecule has 1 fully saturated rings. The Morgan fingerprint density at radius 1 is 1.21 bits per heavy atom. The maximum absolute atomic E-state index is 12.7. The molecule has 7 nitrogen and oxygen atoms in total. The Kier molecular flexibility index (Phi) is 4.66. The van der Waals surface area contributed by atoms with Crippen molar-refractivity contribution in [3.63, 3.8) is 0 Å². The summed E-state index contributed by atoms with van der Waals surface area (Å²) in [6.45, 7) is 4.91. The molecule has 0 radical (unpaired) electrons. The number of pyridine rings is 1. The first-order valence-electron chi connectivity index (χ1n) is 10.5. The number of carbonyl (C=O) groups is 1. The number of fused-ring (bicyclic) bond motifs is 2. The summed E-state index contributed by atoms with van der Waals surface area (Å²) < 4.78 is 7.63. The van der Waals surface area contributed by atoms with Crippen LogP contribution in [0.1, 0.15) is 54.1 Å². The number of aromatic nitrogens is 4. The molecule has 5 rings (SSSR count). The van der Waals surface area contributed by atoms with Gasteiger partial charge in [-0.15, -0.1) is 10.2 Å². The SMILES string of the molecule is CCOC(=O)c1cnc2ccccc2c1N1CCCC(c2nnc3n2CCC3)C1. The Morgan fingerprint density at radius 2 is 2.10 bits per heavy atom. The third-order valence-electron chi connectivity index (χ3n) is 5.98. The summed E-state index contributed by atoms with van der Waals surface area (Å²) in [4.78, 5) is 19.5. The van der Waals surface area contributed by atoms with Crippen molar-refractivity contribution in [2.75, 3.05) is 24.6 Å². The molecule has 0 N–H and O–H groups in total. The number of hydrogen-bond donors (Lipinski definition) is 0. The summed E-state index contributed by atoms with van der Waals surface area (Å²) in [7, 11) is 0. The second-order valence-corrected chi connectivity index (χ2v) is 7.77. The minimum absolute atomic E-state index is 0.310. The predicted octanol–water partition coefficient (Wildman–Crippen LogP) is 3.33. The summed E-state index contributed by atoms with van der Waals surface area (Å²) in [6, 6.07) is 8.00. The summed E-state index contributed by atoms with van der Waals surface area (Å²) in [6.07, 6.45) is 5.97. The molecule has 3 aromatic rings. The molecule has 0 aliphatic carbocycles. The molecule has 4 heterocycles. The van der Waals surface area contributed by atoms with Crippen LogP contribution in [0.25, 0.3) is 10.9 Å². The lowest BCUT2D eigenvalue weighted by Gasteiger charge is -2.35. The second kappa shape index (κ2) is 7.46. The molecule has 0 saturated carbocycles. The lowest BCUT2D eigenvalue weighted by Crippen LogP contribution is -2.36. The predicted molar refractivity (Wildman–Crippen MR) is 110 cm³/mol. The van der Waals surface area contributed by atoms with Gasteiger partial charge in [-0.25, -0.2) is 4.79 Å². The molecule has 0 spiro atoms. The van der Waals surface area contributed by atoms with Crippen LogP contribution in [-0.4, -0.2) is 45.4 Å². The Bertz CT molecular complexity index is 1060. The third-order valence-corrected chi connectivity index (χ3v) is 5.98. The van der Waals surface area contributed by atoms with Crippen LogP contribution in [0.2, 0.25) is 0 Å². The number of nitrogens with zero attached hydrogens (tertiary/aromatic N) is 5. The number of aryl methyl sites for hydroxylation is 1. The van der Waals surface area contributed by atoms with Gasteiger partial charge in [0.15, 0.2) is 0 Å². The van der Waals surface area contributed by atoms with Gasteiger partial charge >= 0.3 is 5.97 Å². The van der Waals surface area contributed by atoms with Crippen molar-refractivity contribution in [3.05, 3.63) is 47.7 Å². The van der Waals surface area contributed by atoms with Gasteiger partial charge in [-0.1, -0.05) is 18.2 Å². The molecule has 0 bridgehead atoms. The Balaban J connectivity index is 1.55. The summed E-state index contributed by atoms with van der Waals surface area (Å²) in [5.74, 6) is 2.20. The van der Waals surface area contributed by atoms with Gasteiger partial charge in [-0.2, -0.15) is 0 Å². The molecular formula is C22H25N5O2. The van der Waals surface area contributed by atoms with Crippen molar-refractivity contribution >= 4 is 22.6 Å². The van der Waals surface area contributed by atoms with Crippen molar-refractivity contribution in [1.82, 2.24) is 19.7 Å². The van der Waals surface area contributed by atoms with Crippen LogP contribution in [0.5, 0.6) is 0 Å². The van der Waals surface area contributed by atoms with Gasteiger partial charge in [0.2, 0.25) is 0 Å². The van der Waals surface area contributed by atoms with E-state index in [0.29, 0.717) is 18.1 Å². The largest absolute Gasteiger partial charge is 0.462 e. The first-order valence-corrected chi connectivity index (χ1v) is 10.5. The van der Waals surface area contributed by atoms with E-state index in [-0.39, 0.29) is 5.97 Å². The maximum atomic E-state index is 12.7. The molecule has 1 atom stereocenters. The van der Waals surface area contributed by atoms with Crippen molar-refractivity contribution in [3.8, 4) is 0 Å². The Hall–Kier alpha value is -2.96. The van der Waals surface area contributed by atoms with Crippen molar-refractivity contribution in [2.24, 2.45) is 0 Å². The smallest absolute Gasteiger partial charge is 0.341 e. The van der Waals surface area contributed by atoms with E-state index in [2.05, 4.69) is 24.6 Å². The molecule has 1 saturated heterocycles. The summed E-state index contributed by atoms with van der Waals surface area (Å²) >= 11 is 0. The van der Waals surface area contributed by atoms with Gasteiger partial charge in [0.05, 0.1) is 17.8 Å². The molecule has 1 aromatic carbocycles. The van der Waals surface area contributed by atoms with Crippen molar-refractivity contribution in [2.45, 2.75) is 45.1 Å². The quantitative estimate of drug-likeness (QED) is 0.635. The van der Waals surface area contributed by atoms with E-state index in [4.69, 9.17) is 4.74 Å². The van der Waals surface area contributed by atoms with Crippen LogP contribution in [-0.2, 0) is 17.7 Å². The second-order valence-electron chi connectivity index (χ2n) is 7.77. The van der Waals surface area contributed by atoms with Gasteiger partial charge in [0.1, 0.15) is 17.2 Å². The molecule has 2 aromatic heterocycles. The number of anilines is 1. The topological polar surface area (TPSA) is 73.1 Å². The van der Waals surface area contributed by atoms with Gasteiger partial charge in [0, 0.05) is 43.6 Å². The fraction of sp³-hybridized carbons (Fsp3) is 0.455. The molecule has 2 aliphatic rings. The van der Waals surface area contributed by atoms with Crippen molar-refractivity contribution < 1.29 is 9.53 Å². The third kappa shape index (κ3) is 3.14. The maximum Gasteiger partial charge on any atom is 0.341 e. The molecule has 2 aliphatic heterocycles. The highest BCUT2D eigenvalue weighted by Crippen LogP contribution is 2.36. The van der Waals surface area contributed by atoms with Gasteiger partial charge in [0.25, 0.3) is 0 Å². The average molecular weight is 391 g/mol. The average Bonchev–Trinajstić information content (AvgIpc) is 3.37. The van der Waals surface area contributed by atoms with Crippen LogP contribution >= 0.6 is 0 Å². The zero-order chi connectivity index (χ0) is 19.8. The fourth-order valence-corrected chi connectivity index (χ4v) is 4.69. The number of rotatable bonds is 4. The number of benzene rings is 1. The standard InChI is InChI=1S/C22H25N5O2/c1-2-29-22(28)17-13-23-18-9-4-3-8-16(18)20(17)26-11-5-7-15(14-26)21-25-24-19-10-6-12-27(19)21/h3-4,8-9,13,15H,2,5-7,10-12,14H2,1H3. The van der Waals surface area contributed by atoms with Crippen LogP contribution in [0, 0.1) is 0 Å². The van der Waals surface area contributed by atoms with Crippen LogP contribution in [0.4, 0.5) is 5.69 Å². The molecule has 0 amide bonds. The summed E-state index contributed by atoms with van der Waals surface area (Å²) in [5.41, 5.74) is 2.36. The zero-order valence-corrected chi connectivity index (χ0v) is 16.7. The van der Waals surface area contributed by atoms with Gasteiger partial charge < -0.3 is 14.2 Å². The van der Waals surface area contributed by atoms with E-state index < -0.39 is 0 Å². The minimum Gasteiger partial charge on any atom is -0.462 e.